The Morgan fingerprint density at radius 1 is 1.39 bits per heavy atom. The number of aromatic nitrogens is 1. The maximum absolute atomic E-state index is 5.79. The summed E-state index contributed by atoms with van der Waals surface area (Å²) in [5.74, 6) is 1.69. The van der Waals surface area contributed by atoms with Gasteiger partial charge in [-0.1, -0.05) is 15.9 Å². The van der Waals surface area contributed by atoms with Gasteiger partial charge in [-0.05, 0) is 25.1 Å². The lowest BCUT2D eigenvalue weighted by Crippen LogP contribution is -1.98. The third-order valence-electron chi connectivity index (χ3n) is 2.45. The van der Waals surface area contributed by atoms with Crippen LogP contribution in [-0.4, -0.2) is 12.1 Å². The Hall–Kier alpha value is -1.07. The summed E-state index contributed by atoms with van der Waals surface area (Å²) in [4.78, 5) is 4.37. The van der Waals surface area contributed by atoms with E-state index in [2.05, 4.69) is 20.9 Å². The first-order chi connectivity index (χ1) is 8.72. The molecule has 0 bridgehead atoms. The van der Waals surface area contributed by atoms with Crippen molar-refractivity contribution >= 4 is 27.3 Å². The van der Waals surface area contributed by atoms with Gasteiger partial charge in [0, 0.05) is 16.3 Å². The zero-order valence-electron chi connectivity index (χ0n) is 10.3. The fourth-order valence-corrected chi connectivity index (χ4v) is 2.59. The van der Waals surface area contributed by atoms with E-state index in [1.807, 2.05) is 30.5 Å². The van der Waals surface area contributed by atoms with Gasteiger partial charge >= 0.3 is 0 Å². The predicted octanol–water partition coefficient (Wildman–Crippen LogP) is 3.93. The van der Waals surface area contributed by atoms with Crippen LogP contribution >= 0.6 is 27.3 Å². The lowest BCUT2D eigenvalue weighted by atomic mass is 10.2. The SMILES string of the molecule is COc1ccc(OCc2csc(C)n2)c(CBr)c1. The van der Waals surface area contributed by atoms with Crippen molar-refractivity contribution < 1.29 is 9.47 Å². The summed E-state index contributed by atoms with van der Waals surface area (Å²) in [6, 6.07) is 5.79. The number of thiazole rings is 1. The number of alkyl halides is 1. The van der Waals surface area contributed by atoms with Gasteiger partial charge in [0.05, 0.1) is 17.8 Å². The Morgan fingerprint density at radius 2 is 2.22 bits per heavy atom. The van der Waals surface area contributed by atoms with E-state index in [9.17, 15) is 0 Å². The van der Waals surface area contributed by atoms with Crippen LogP contribution in [-0.2, 0) is 11.9 Å². The average Bonchev–Trinajstić information content (AvgIpc) is 2.82. The first kappa shape index (κ1) is 13.4. The van der Waals surface area contributed by atoms with Crippen molar-refractivity contribution in [3.63, 3.8) is 0 Å². The molecule has 0 aliphatic rings. The van der Waals surface area contributed by atoms with Crippen molar-refractivity contribution in [2.75, 3.05) is 7.11 Å². The zero-order chi connectivity index (χ0) is 13.0. The molecule has 0 atom stereocenters. The van der Waals surface area contributed by atoms with Gasteiger partial charge in [-0.2, -0.15) is 0 Å². The Bertz CT molecular complexity index is 527. The van der Waals surface area contributed by atoms with Gasteiger partial charge < -0.3 is 9.47 Å². The van der Waals surface area contributed by atoms with Crippen LogP contribution in [0.2, 0.25) is 0 Å². The van der Waals surface area contributed by atoms with E-state index in [0.29, 0.717) is 6.61 Å². The van der Waals surface area contributed by atoms with Crippen LogP contribution in [0.4, 0.5) is 0 Å². The Kier molecular flexibility index (Phi) is 4.60. The van der Waals surface area contributed by atoms with Gasteiger partial charge in [0.25, 0.3) is 0 Å². The minimum Gasteiger partial charge on any atom is -0.497 e. The van der Waals surface area contributed by atoms with Gasteiger partial charge in [-0.3, -0.25) is 0 Å². The first-order valence-corrected chi connectivity index (χ1v) is 7.49. The molecule has 0 saturated heterocycles. The molecule has 0 aliphatic carbocycles. The Balaban J connectivity index is 2.08. The summed E-state index contributed by atoms with van der Waals surface area (Å²) < 4.78 is 11.0. The van der Waals surface area contributed by atoms with Gasteiger partial charge in [0.15, 0.2) is 0 Å². The van der Waals surface area contributed by atoms with E-state index in [1.165, 1.54) is 0 Å². The molecule has 0 aliphatic heterocycles. The van der Waals surface area contributed by atoms with Gasteiger partial charge in [-0.25, -0.2) is 4.98 Å². The lowest BCUT2D eigenvalue weighted by Gasteiger charge is -2.10. The van der Waals surface area contributed by atoms with Crippen molar-refractivity contribution in [3.05, 3.63) is 39.8 Å². The number of ether oxygens (including phenoxy) is 2. The predicted molar refractivity (Wildman–Crippen MR) is 76.8 cm³/mol. The molecule has 0 fully saturated rings. The standard InChI is InChI=1S/C13H14BrNO2S/c1-9-15-11(8-18-9)7-17-13-4-3-12(16-2)5-10(13)6-14/h3-5,8H,6-7H2,1-2H3. The zero-order valence-corrected chi connectivity index (χ0v) is 12.7. The molecule has 0 radical (unpaired) electrons. The van der Waals surface area contributed by atoms with E-state index >= 15 is 0 Å². The lowest BCUT2D eigenvalue weighted by molar-refractivity contribution is 0.299. The molecule has 1 heterocycles. The second-order valence-electron chi connectivity index (χ2n) is 3.75. The van der Waals surface area contributed by atoms with Gasteiger partial charge in [0.1, 0.15) is 18.1 Å². The molecule has 0 amide bonds. The molecule has 5 heteroatoms. The van der Waals surface area contributed by atoms with Crippen LogP contribution in [0.25, 0.3) is 0 Å². The number of rotatable bonds is 5. The molecule has 0 saturated carbocycles. The topological polar surface area (TPSA) is 31.4 Å². The number of methoxy groups -OCH3 is 1. The third-order valence-corrected chi connectivity index (χ3v) is 3.88. The Morgan fingerprint density at radius 3 is 2.83 bits per heavy atom. The highest BCUT2D eigenvalue weighted by molar-refractivity contribution is 9.08. The normalized spacial score (nSPS) is 10.4. The second-order valence-corrected chi connectivity index (χ2v) is 5.38. The van der Waals surface area contributed by atoms with Crippen LogP contribution in [0, 0.1) is 6.92 Å². The number of hydrogen-bond acceptors (Lipinski definition) is 4. The number of halogens is 1. The largest absolute Gasteiger partial charge is 0.497 e. The van der Waals surface area contributed by atoms with Crippen molar-refractivity contribution in [1.29, 1.82) is 0 Å². The fraction of sp³-hybridized carbons (Fsp3) is 0.308. The van der Waals surface area contributed by atoms with Crippen LogP contribution in [0.5, 0.6) is 11.5 Å². The van der Waals surface area contributed by atoms with E-state index in [1.54, 1.807) is 18.4 Å². The number of benzene rings is 1. The van der Waals surface area contributed by atoms with E-state index in [0.717, 1.165) is 33.1 Å². The summed E-state index contributed by atoms with van der Waals surface area (Å²) in [5, 5.41) is 3.81. The van der Waals surface area contributed by atoms with E-state index < -0.39 is 0 Å². The molecular formula is C13H14BrNO2S. The molecule has 1 aromatic heterocycles. The monoisotopic (exact) mass is 327 g/mol. The summed E-state index contributed by atoms with van der Waals surface area (Å²) >= 11 is 5.09. The molecular weight excluding hydrogens is 314 g/mol. The van der Waals surface area contributed by atoms with E-state index in [4.69, 9.17) is 9.47 Å². The second kappa shape index (κ2) is 6.20. The molecule has 96 valence electrons. The maximum atomic E-state index is 5.79. The van der Waals surface area contributed by atoms with Crippen LogP contribution in [0.15, 0.2) is 23.6 Å². The number of nitrogens with zero attached hydrogens (tertiary/aromatic N) is 1. The van der Waals surface area contributed by atoms with Crippen LogP contribution in [0.3, 0.4) is 0 Å². The van der Waals surface area contributed by atoms with E-state index in [-0.39, 0.29) is 0 Å². The van der Waals surface area contributed by atoms with Crippen molar-refractivity contribution in [2.45, 2.75) is 18.9 Å². The van der Waals surface area contributed by atoms with Gasteiger partial charge in [-0.15, -0.1) is 11.3 Å². The summed E-state index contributed by atoms with van der Waals surface area (Å²) in [6.45, 7) is 2.49. The molecule has 2 aromatic rings. The summed E-state index contributed by atoms with van der Waals surface area (Å²) in [7, 11) is 1.66. The minimum absolute atomic E-state index is 0.497. The minimum atomic E-state index is 0.497. The molecule has 0 unspecified atom stereocenters. The summed E-state index contributed by atoms with van der Waals surface area (Å²) in [6.07, 6.45) is 0. The molecule has 18 heavy (non-hydrogen) atoms. The van der Waals surface area contributed by atoms with Crippen LogP contribution < -0.4 is 9.47 Å². The van der Waals surface area contributed by atoms with Crippen LogP contribution in [0.1, 0.15) is 16.3 Å². The molecule has 3 nitrogen and oxygen atoms in total. The van der Waals surface area contributed by atoms with Crippen molar-refractivity contribution in [3.8, 4) is 11.5 Å². The molecule has 0 spiro atoms. The highest BCUT2D eigenvalue weighted by Gasteiger charge is 2.06. The molecule has 1 aromatic carbocycles. The number of hydrogen-bond donors (Lipinski definition) is 0. The summed E-state index contributed by atoms with van der Waals surface area (Å²) in [5.41, 5.74) is 2.04. The molecule has 2 rings (SSSR count). The maximum Gasteiger partial charge on any atom is 0.131 e. The first-order valence-electron chi connectivity index (χ1n) is 5.49. The smallest absolute Gasteiger partial charge is 0.131 e. The van der Waals surface area contributed by atoms with Crippen molar-refractivity contribution in [1.82, 2.24) is 4.98 Å². The average molecular weight is 328 g/mol. The molecule has 0 N–H and O–H groups in total. The highest BCUT2D eigenvalue weighted by Crippen LogP contribution is 2.27. The van der Waals surface area contributed by atoms with Crippen molar-refractivity contribution in [2.24, 2.45) is 0 Å². The highest BCUT2D eigenvalue weighted by atomic mass is 79.9. The number of aryl methyl sites for hydroxylation is 1. The fourth-order valence-electron chi connectivity index (χ4n) is 1.55. The quantitative estimate of drug-likeness (QED) is 0.779. The Labute approximate surface area is 119 Å². The third kappa shape index (κ3) is 3.23. The van der Waals surface area contributed by atoms with Gasteiger partial charge in [0.2, 0.25) is 0 Å².